The molecule has 3 heterocycles. The van der Waals surface area contributed by atoms with Crippen molar-refractivity contribution in [2.45, 2.75) is 43.0 Å². The summed E-state index contributed by atoms with van der Waals surface area (Å²) in [7, 11) is 0. The number of hydrogen-bond donors (Lipinski definition) is 2. The van der Waals surface area contributed by atoms with Crippen molar-refractivity contribution in [1.82, 2.24) is 15.4 Å². The summed E-state index contributed by atoms with van der Waals surface area (Å²) in [5, 5.41) is 15.4. The molecule has 30 heavy (non-hydrogen) atoms. The fraction of sp³-hybridized carbons (Fsp3) is 0.368. The van der Waals surface area contributed by atoms with E-state index >= 15 is 0 Å². The number of β-lactam (4-membered cyclic amide) rings is 1. The molecule has 8 nitrogen and oxygen atoms in total. The third kappa shape index (κ3) is 2.97. The number of hydrogen-bond acceptors (Lipinski definition) is 6. The Morgan fingerprint density at radius 1 is 1.40 bits per heavy atom. The maximum Gasteiger partial charge on any atom is 0.327 e. The molecule has 0 spiro atoms. The van der Waals surface area contributed by atoms with Crippen LogP contribution in [0.4, 0.5) is 4.39 Å². The zero-order valence-electron chi connectivity index (χ0n) is 16.1. The molecule has 2 fully saturated rings. The van der Waals surface area contributed by atoms with Gasteiger partial charge in [-0.05, 0) is 32.9 Å². The second kappa shape index (κ2) is 6.98. The molecule has 1 aromatic heterocycles. The zero-order valence-corrected chi connectivity index (χ0v) is 17.7. The lowest BCUT2D eigenvalue weighted by atomic mass is 9.96. The molecule has 2 aromatic rings. The molecule has 0 aliphatic carbocycles. The first-order chi connectivity index (χ1) is 14.0. The quantitative estimate of drug-likeness (QED) is 0.536. The third-order valence-electron chi connectivity index (χ3n) is 5.25. The van der Waals surface area contributed by atoms with Crippen molar-refractivity contribution in [3.63, 3.8) is 0 Å². The van der Waals surface area contributed by atoms with E-state index in [-0.39, 0.29) is 27.6 Å². The van der Waals surface area contributed by atoms with Crippen LogP contribution in [-0.2, 0) is 9.59 Å². The van der Waals surface area contributed by atoms with Gasteiger partial charge in [0.25, 0.3) is 5.91 Å². The van der Waals surface area contributed by atoms with Crippen LogP contribution in [0.15, 0.2) is 22.7 Å². The number of carbonyl (C=O) groups is 3. The predicted octanol–water partition coefficient (Wildman–Crippen LogP) is 2.69. The number of aryl methyl sites for hydroxylation is 1. The molecule has 2 amide bonds. The first kappa shape index (κ1) is 20.7. The van der Waals surface area contributed by atoms with Crippen LogP contribution in [0.2, 0.25) is 5.02 Å². The predicted molar refractivity (Wildman–Crippen MR) is 107 cm³/mol. The number of aromatic nitrogens is 1. The first-order valence-corrected chi connectivity index (χ1v) is 10.2. The van der Waals surface area contributed by atoms with E-state index in [0.29, 0.717) is 0 Å². The largest absolute Gasteiger partial charge is 0.480 e. The lowest BCUT2D eigenvalue weighted by Gasteiger charge is -2.43. The van der Waals surface area contributed by atoms with Crippen molar-refractivity contribution >= 4 is 41.1 Å². The highest BCUT2D eigenvalue weighted by atomic mass is 35.5. The van der Waals surface area contributed by atoms with Crippen molar-refractivity contribution < 1.29 is 28.4 Å². The highest BCUT2D eigenvalue weighted by Gasteiger charge is 2.64. The normalized spacial score (nSPS) is 24.4. The lowest BCUT2D eigenvalue weighted by molar-refractivity contribution is -0.159. The number of benzene rings is 1. The van der Waals surface area contributed by atoms with E-state index in [1.165, 1.54) is 41.8 Å². The summed E-state index contributed by atoms with van der Waals surface area (Å²) in [6, 6.07) is 2.17. The Hall–Kier alpha value is -2.59. The standard InChI is InChI=1S/C19H17ClFN3O5S/c1-7-10(12(23-29-7)11-8(20)5-4-6-9(11)21)15(25)22-13-16(26)24-14(18(27)28)19(2,3)30-17(13)24/h4-6,13-14,17H,1-3H3,(H,22,25)(H,27,28)/t13-,14+,17-/m1/s1/i1+1,7+1,10+1,15+1. The summed E-state index contributed by atoms with van der Waals surface area (Å²) in [6.45, 7) is 4.97. The van der Waals surface area contributed by atoms with Crippen LogP contribution < -0.4 is 5.32 Å². The van der Waals surface area contributed by atoms with E-state index in [1.54, 1.807) is 13.8 Å². The number of nitrogens with zero attached hydrogens (tertiary/aromatic N) is 2. The second-order valence-electron chi connectivity index (χ2n) is 7.61. The number of fused-ring (bicyclic) bond motifs is 1. The Morgan fingerprint density at radius 3 is 2.73 bits per heavy atom. The van der Waals surface area contributed by atoms with Crippen molar-refractivity contribution in [3.05, 3.63) is 40.4 Å². The van der Waals surface area contributed by atoms with Gasteiger partial charge >= 0.3 is 5.97 Å². The van der Waals surface area contributed by atoms with E-state index in [9.17, 15) is 23.9 Å². The summed E-state index contributed by atoms with van der Waals surface area (Å²) in [4.78, 5) is 38.5. The van der Waals surface area contributed by atoms with Crippen LogP contribution in [0.3, 0.4) is 0 Å². The Kier molecular flexibility index (Phi) is 4.81. The maximum absolute atomic E-state index is 14.4. The number of carboxylic acids is 1. The number of nitrogens with one attached hydrogen (secondary N) is 1. The molecule has 0 bridgehead atoms. The highest BCUT2D eigenvalue weighted by Crippen LogP contribution is 2.50. The molecule has 0 saturated carbocycles. The summed E-state index contributed by atoms with van der Waals surface area (Å²) < 4.78 is 18.7. The molecule has 0 unspecified atom stereocenters. The van der Waals surface area contributed by atoms with Gasteiger partial charge in [-0.2, -0.15) is 0 Å². The highest BCUT2D eigenvalue weighted by molar-refractivity contribution is 8.01. The minimum atomic E-state index is -1.10. The van der Waals surface area contributed by atoms with Crippen LogP contribution in [0.5, 0.6) is 0 Å². The van der Waals surface area contributed by atoms with E-state index in [2.05, 4.69) is 10.5 Å². The van der Waals surface area contributed by atoms with Gasteiger partial charge in [0, 0.05) is 4.75 Å². The van der Waals surface area contributed by atoms with Crippen molar-refractivity contribution in [2.24, 2.45) is 0 Å². The maximum atomic E-state index is 14.4. The van der Waals surface area contributed by atoms with Crippen LogP contribution in [0.1, 0.15) is 30.0 Å². The number of amides is 2. The summed E-state index contributed by atoms with van der Waals surface area (Å²) in [5.41, 5.74) is -0.185. The monoisotopic (exact) mass is 457 g/mol. The summed E-state index contributed by atoms with van der Waals surface area (Å²) >= 11 is 7.40. The number of thioether (sulfide) groups is 1. The molecule has 1 aromatic carbocycles. The number of rotatable bonds is 4. The number of carboxylic acid groups (broad SMARTS) is 1. The molecule has 0 radical (unpaired) electrons. The van der Waals surface area contributed by atoms with Gasteiger partial charge in [-0.25, -0.2) is 9.18 Å². The van der Waals surface area contributed by atoms with Crippen LogP contribution in [0.25, 0.3) is 11.3 Å². The van der Waals surface area contributed by atoms with Gasteiger partial charge in [0.1, 0.15) is 40.3 Å². The SMILES string of the molecule is CC1(C)S[C@@H]2[C@H](N[13C](=O)[13c]3c(-c4c(F)cccc4Cl)no[13c]3[13CH3])C(=O)N2[C@H]1C(=O)O. The van der Waals surface area contributed by atoms with Gasteiger partial charge < -0.3 is 19.8 Å². The Balaban J connectivity index is 1.62. The topological polar surface area (TPSA) is 113 Å². The van der Waals surface area contributed by atoms with Gasteiger partial charge in [-0.3, -0.25) is 9.59 Å². The van der Waals surface area contributed by atoms with Gasteiger partial charge in [-0.15, -0.1) is 11.8 Å². The molecule has 2 saturated heterocycles. The molecule has 158 valence electrons. The molecule has 11 heteroatoms. The van der Waals surface area contributed by atoms with Crippen LogP contribution in [0, 0.1) is 12.7 Å². The van der Waals surface area contributed by atoms with Crippen molar-refractivity contribution in [3.8, 4) is 11.3 Å². The molecular weight excluding hydrogens is 441 g/mol. The number of halogens is 2. The first-order valence-electron chi connectivity index (χ1n) is 8.99. The van der Waals surface area contributed by atoms with Gasteiger partial charge in [0.05, 0.1) is 10.6 Å². The second-order valence-corrected chi connectivity index (χ2v) is 9.79. The molecule has 4 rings (SSSR count). The van der Waals surface area contributed by atoms with Gasteiger partial charge in [0.15, 0.2) is 0 Å². The van der Waals surface area contributed by atoms with E-state index in [1.807, 2.05) is 0 Å². The van der Waals surface area contributed by atoms with Crippen molar-refractivity contribution in [2.75, 3.05) is 0 Å². The number of aliphatic carboxylic acids is 1. The zero-order chi connectivity index (χ0) is 22.0. The van der Waals surface area contributed by atoms with Crippen LogP contribution >= 0.6 is 23.4 Å². The molecule has 2 N–H and O–H groups in total. The van der Waals surface area contributed by atoms with Gasteiger partial charge in [0.2, 0.25) is 5.91 Å². The fourth-order valence-electron chi connectivity index (χ4n) is 3.89. The lowest BCUT2D eigenvalue weighted by Crippen LogP contribution is -2.70. The van der Waals surface area contributed by atoms with Crippen molar-refractivity contribution in [1.29, 1.82) is 0 Å². The summed E-state index contributed by atoms with van der Waals surface area (Å²) in [5.74, 6) is -2.81. The number of carbonyl (C=O) groups excluding carboxylic acids is 2. The average Bonchev–Trinajstić information content (AvgIpc) is 3.14. The Labute approximate surface area is 179 Å². The van der Waals surface area contributed by atoms with Crippen LogP contribution in [-0.4, -0.2) is 55.2 Å². The average molecular weight is 458 g/mol. The van der Waals surface area contributed by atoms with E-state index in [4.69, 9.17) is 16.1 Å². The molecule has 2 aliphatic heterocycles. The summed E-state index contributed by atoms with van der Waals surface area (Å²) in [6.07, 6.45) is 0. The third-order valence-corrected chi connectivity index (χ3v) is 7.14. The van der Waals surface area contributed by atoms with E-state index < -0.39 is 45.8 Å². The van der Waals surface area contributed by atoms with Gasteiger partial charge in [-0.1, -0.05) is 22.8 Å². The van der Waals surface area contributed by atoms with E-state index in [0.717, 1.165) is 0 Å². The molecule has 3 atom stereocenters. The Morgan fingerprint density at radius 2 is 2.10 bits per heavy atom. The smallest absolute Gasteiger partial charge is 0.327 e. The molecular formula is C19H17ClFN3O5S. The minimum Gasteiger partial charge on any atom is -0.480 e. The fourth-order valence-corrected chi connectivity index (χ4v) is 5.77. The Bertz CT molecular complexity index is 1070. The molecule has 2 aliphatic rings. The minimum absolute atomic E-state index is 0.0368.